The van der Waals surface area contributed by atoms with Gasteiger partial charge in [-0.25, -0.2) is 19.2 Å². The molecule has 1 heterocycles. The molecule has 1 aromatic carbocycles. The van der Waals surface area contributed by atoms with E-state index in [1.807, 2.05) is 0 Å². The lowest BCUT2D eigenvalue weighted by atomic mass is 10.2. The van der Waals surface area contributed by atoms with E-state index in [9.17, 15) is 9.18 Å². The molecule has 0 fully saturated rings. The van der Waals surface area contributed by atoms with Crippen molar-refractivity contribution >= 4 is 23.4 Å². The standard InChI is InChI=1S/C12H10FN3O2S/c1-18-11(17)7-5-10(8(13)6-9(7)14)19-12-15-3-2-4-16-12/h2-6H,14H2,1H3. The molecule has 2 aromatic rings. The fraction of sp³-hybridized carbons (Fsp3) is 0.0833. The fourth-order valence-corrected chi connectivity index (χ4v) is 2.13. The highest BCUT2D eigenvalue weighted by atomic mass is 32.2. The van der Waals surface area contributed by atoms with Gasteiger partial charge in [-0.2, -0.15) is 0 Å². The van der Waals surface area contributed by atoms with Crippen molar-refractivity contribution in [3.63, 3.8) is 0 Å². The predicted molar refractivity (Wildman–Crippen MR) is 68.3 cm³/mol. The summed E-state index contributed by atoms with van der Waals surface area (Å²) in [5.41, 5.74) is 5.72. The first-order valence-corrected chi connectivity index (χ1v) is 6.05. The average Bonchev–Trinajstić information content (AvgIpc) is 2.42. The zero-order valence-electron chi connectivity index (χ0n) is 9.96. The molecule has 0 unspecified atom stereocenters. The van der Waals surface area contributed by atoms with Crippen molar-refractivity contribution in [3.8, 4) is 0 Å². The number of esters is 1. The van der Waals surface area contributed by atoms with E-state index in [1.165, 1.54) is 13.2 Å². The molecule has 1 aromatic heterocycles. The molecular weight excluding hydrogens is 269 g/mol. The zero-order valence-corrected chi connectivity index (χ0v) is 10.8. The largest absolute Gasteiger partial charge is 0.465 e. The molecule has 0 atom stereocenters. The van der Waals surface area contributed by atoms with Crippen LogP contribution in [0.2, 0.25) is 0 Å². The number of hydrogen-bond donors (Lipinski definition) is 1. The van der Waals surface area contributed by atoms with Gasteiger partial charge in [-0.15, -0.1) is 0 Å². The maximum Gasteiger partial charge on any atom is 0.339 e. The Kier molecular flexibility index (Phi) is 3.96. The average molecular weight is 279 g/mol. The summed E-state index contributed by atoms with van der Waals surface area (Å²) in [6.45, 7) is 0. The Bertz CT molecular complexity index is 607. The van der Waals surface area contributed by atoms with Crippen LogP contribution in [0.3, 0.4) is 0 Å². The minimum absolute atomic E-state index is 0.0303. The number of carbonyl (C=O) groups is 1. The topological polar surface area (TPSA) is 78.1 Å². The van der Waals surface area contributed by atoms with E-state index in [0.29, 0.717) is 5.16 Å². The van der Waals surface area contributed by atoms with Crippen LogP contribution < -0.4 is 5.73 Å². The van der Waals surface area contributed by atoms with Gasteiger partial charge >= 0.3 is 5.97 Å². The highest BCUT2D eigenvalue weighted by Crippen LogP contribution is 2.30. The fourth-order valence-electron chi connectivity index (χ4n) is 1.37. The summed E-state index contributed by atoms with van der Waals surface area (Å²) in [6.07, 6.45) is 3.09. The summed E-state index contributed by atoms with van der Waals surface area (Å²) in [5.74, 6) is -1.16. The minimum Gasteiger partial charge on any atom is -0.465 e. The first-order chi connectivity index (χ1) is 9.11. The lowest BCUT2D eigenvalue weighted by Crippen LogP contribution is -2.06. The molecule has 5 nitrogen and oxygen atoms in total. The van der Waals surface area contributed by atoms with Crippen molar-refractivity contribution in [3.05, 3.63) is 42.0 Å². The molecule has 0 aliphatic rings. The molecule has 0 spiro atoms. The highest BCUT2D eigenvalue weighted by Gasteiger charge is 2.16. The first-order valence-electron chi connectivity index (χ1n) is 5.24. The molecule has 2 N–H and O–H groups in total. The third kappa shape index (κ3) is 3.00. The van der Waals surface area contributed by atoms with E-state index < -0.39 is 11.8 Å². The second-order valence-corrected chi connectivity index (χ2v) is 4.50. The molecule has 0 saturated heterocycles. The van der Waals surface area contributed by atoms with Gasteiger partial charge in [0.25, 0.3) is 0 Å². The quantitative estimate of drug-likeness (QED) is 0.527. The number of hydrogen-bond acceptors (Lipinski definition) is 6. The molecule has 0 aliphatic carbocycles. The van der Waals surface area contributed by atoms with Gasteiger partial charge in [0.05, 0.1) is 17.6 Å². The van der Waals surface area contributed by atoms with Gasteiger partial charge in [0.2, 0.25) is 0 Å². The van der Waals surface area contributed by atoms with E-state index >= 15 is 0 Å². The second kappa shape index (κ2) is 5.66. The van der Waals surface area contributed by atoms with Crippen LogP contribution in [0.5, 0.6) is 0 Å². The van der Waals surface area contributed by atoms with E-state index in [2.05, 4.69) is 14.7 Å². The van der Waals surface area contributed by atoms with Gasteiger partial charge in [0.1, 0.15) is 5.82 Å². The van der Waals surface area contributed by atoms with Crippen molar-refractivity contribution in [2.24, 2.45) is 0 Å². The summed E-state index contributed by atoms with van der Waals surface area (Å²) >= 11 is 1.00. The maximum atomic E-state index is 13.8. The van der Waals surface area contributed by atoms with E-state index in [1.54, 1.807) is 18.5 Å². The third-order valence-electron chi connectivity index (χ3n) is 2.25. The van der Waals surface area contributed by atoms with Gasteiger partial charge < -0.3 is 10.5 Å². The molecule has 0 radical (unpaired) electrons. The molecular formula is C12H10FN3O2S. The second-order valence-electron chi connectivity index (χ2n) is 3.49. The Labute approximate surface area is 113 Å². The van der Waals surface area contributed by atoms with Crippen LogP contribution in [0.1, 0.15) is 10.4 Å². The maximum absolute atomic E-state index is 13.8. The Balaban J connectivity index is 2.38. The number of nitrogen functional groups attached to an aromatic ring is 1. The van der Waals surface area contributed by atoms with Gasteiger partial charge in [0, 0.05) is 18.1 Å². The number of nitrogens with zero attached hydrogens (tertiary/aromatic N) is 2. The number of aromatic nitrogens is 2. The Hall–Kier alpha value is -2.15. The summed E-state index contributed by atoms with van der Waals surface area (Å²) in [4.78, 5) is 19.6. The van der Waals surface area contributed by atoms with Crippen molar-refractivity contribution in [2.45, 2.75) is 10.1 Å². The molecule has 0 aliphatic heterocycles. The van der Waals surface area contributed by atoms with Crippen LogP contribution in [0.4, 0.5) is 10.1 Å². The zero-order chi connectivity index (χ0) is 13.8. The normalized spacial score (nSPS) is 10.2. The SMILES string of the molecule is COC(=O)c1cc(Sc2ncccn2)c(F)cc1N. The summed E-state index contributed by atoms with van der Waals surface area (Å²) in [7, 11) is 1.23. The summed E-state index contributed by atoms with van der Waals surface area (Å²) in [5, 5.41) is 0.377. The molecule has 19 heavy (non-hydrogen) atoms. The van der Waals surface area contributed by atoms with Gasteiger partial charge in [0.15, 0.2) is 5.16 Å². The number of anilines is 1. The number of nitrogens with two attached hydrogens (primary N) is 1. The number of halogens is 1. The number of methoxy groups -OCH3 is 1. The van der Waals surface area contributed by atoms with Crippen LogP contribution in [-0.2, 0) is 4.74 Å². The Morgan fingerprint density at radius 2 is 2.05 bits per heavy atom. The smallest absolute Gasteiger partial charge is 0.339 e. The summed E-state index contributed by atoms with van der Waals surface area (Å²) in [6, 6.07) is 4.07. The van der Waals surface area contributed by atoms with E-state index in [4.69, 9.17) is 5.73 Å². The number of rotatable bonds is 3. The number of benzene rings is 1. The lowest BCUT2D eigenvalue weighted by molar-refractivity contribution is 0.0601. The first kappa shape index (κ1) is 13.3. The summed E-state index contributed by atoms with van der Waals surface area (Å²) < 4.78 is 18.4. The Morgan fingerprint density at radius 3 is 2.68 bits per heavy atom. The van der Waals surface area contributed by atoms with E-state index in [0.717, 1.165) is 17.8 Å². The Morgan fingerprint density at radius 1 is 1.37 bits per heavy atom. The van der Waals surface area contributed by atoms with Crippen molar-refractivity contribution in [2.75, 3.05) is 12.8 Å². The van der Waals surface area contributed by atoms with Gasteiger partial charge in [-0.1, -0.05) is 0 Å². The molecule has 2 rings (SSSR count). The van der Waals surface area contributed by atoms with Crippen LogP contribution in [0.15, 0.2) is 40.6 Å². The molecule has 7 heteroatoms. The molecule has 0 saturated carbocycles. The van der Waals surface area contributed by atoms with Crippen molar-refractivity contribution < 1.29 is 13.9 Å². The highest BCUT2D eigenvalue weighted by molar-refractivity contribution is 7.99. The third-order valence-corrected chi connectivity index (χ3v) is 3.18. The van der Waals surface area contributed by atoms with E-state index in [-0.39, 0.29) is 16.1 Å². The predicted octanol–water partition coefficient (Wildman–Crippen LogP) is 2.14. The number of carbonyl (C=O) groups excluding carboxylic acids is 1. The van der Waals surface area contributed by atoms with Crippen LogP contribution >= 0.6 is 11.8 Å². The van der Waals surface area contributed by atoms with Gasteiger partial charge in [-0.05, 0) is 30.0 Å². The lowest BCUT2D eigenvalue weighted by Gasteiger charge is -2.07. The minimum atomic E-state index is -0.617. The van der Waals surface area contributed by atoms with Crippen LogP contribution in [0.25, 0.3) is 0 Å². The van der Waals surface area contributed by atoms with Crippen molar-refractivity contribution in [1.29, 1.82) is 0 Å². The molecule has 0 bridgehead atoms. The monoisotopic (exact) mass is 279 g/mol. The molecule has 98 valence electrons. The molecule has 0 amide bonds. The van der Waals surface area contributed by atoms with Crippen LogP contribution in [-0.4, -0.2) is 23.0 Å². The van der Waals surface area contributed by atoms with Gasteiger partial charge in [-0.3, -0.25) is 0 Å². The van der Waals surface area contributed by atoms with Crippen LogP contribution in [0, 0.1) is 5.82 Å². The van der Waals surface area contributed by atoms with Crippen molar-refractivity contribution in [1.82, 2.24) is 9.97 Å². The number of ether oxygens (including phenoxy) is 1.